The summed E-state index contributed by atoms with van der Waals surface area (Å²) in [5.74, 6) is -1.24. The lowest BCUT2D eigenvalue weighted by Gasteiger charge is -2.38. The van der Waals surface area contributed by atoms with Crippen molar-refractivity contribution in [3.8, 4) is 0 Å². The number of benzene rings is 3. The Bertz CT molecular complexity index is 1340. The van der Waals surface area contributed by atoms with Crippen molar-refractivity contribution in [2.75, 3.05) is 6.61 Å². The van der Waals surface area contributed by atoms with Crippen molar-refractivity contribution >= 4 is 6.03 Å². The van der Waals surface area contributed by atoms with Crippen LogP contribution in [-0.4, -0.2) is 23.8 Å². The molecule has 3 rings (SSSR count). The number of aliphatic hydroxyl groups is 1. The third-order valence-electron chi connectivity index (χ3n) is 6.70. The van der Waals surface area contributed by atoms with Gasteiger partial charge in [0.25, 0.3) is 0 Å². The zero-order valence-corrected chi connectivity index (χ0v) is 22.6. The highest BCUT2D eigenvalue weighted by Gasteiger charge is 2.42. The van der Waals surface area contributed by atoms with Gasteiger partial charge >= 0.3 is 18.4 Å². The zero-order valence-electron chi connectivity index (χ0n) is 22.6. The summed E-state index contributed by atoms with van der Waals surface area (Å²) in [6.07, 6.45) is -9.78. The lowest BCUT2D eigenvalue weighted by Crippen LogP contribution is -2.54. The summed E-state index contributed by atoms with van der Waals surface area (Å²) in [7, 11) is 0. The van der Waals surface area contributed by atoms with Gasteiger partial charge in [-0.05, 0) is 65.8 Å². The van der Waals surface area contributed by atoms with E-state index in [1.54, 1.807) is 30.3 Å². The third kappa shape index (κ3) is 8.00. The van der Waals surface area contributed by atoms with Gasteiger partial charge in [0.15, 0.2) is 0 Å². The molecule has 41 heavy (non-hydrogen) atoms. The van der Waals surface area contributed by atoms with Crippen LogP contribution in [0.3, 0.4) is 0 Å². The first kappa shape index (κ1) is 31.9. The Hall–Kier alpha value is -3.60. The van der Waals surface area contributed by atoms with Gasteiger partial charge in [-0.2, -0.15) is 26.3 Å². The number of carbonyl (C=O) groups excluding carboxylic acids is 1. The maximum atomic E-state index is 14.8. The Morgan fingerprint density at radius 2 is 1.49 bits per heavy atom. The van der Waals surface area contributed by atoms with Crippen LogP contribution in [0.15, 0.2) is 66.7 Å². The fourth-order valence-corrected chi connectivity index (χ4v) is 4.82. The molecular weight excluding hydrogens is 553 g/mol. The highest BCUT2D eigenvalue weighted by molar-refractivity contribution is 5.76. The van der Waals surface area contributed by atoms with Crippen LogP contribution in [-0.2, 0) is 24.3 Å². The van der Waals surface area contributed by atoms with Crippen LogP contribution >= 0.6 is 0 Å². The average molecular weight is 585 g/mol. The number of hydrogen-bond donors (Lipinski definition) is 3. The maximum absolute atomic E-state index is 14.8. The number of halogens is 7. The van der Waals surface area contributed by atoms with E-state index < -0.39 is 59.1 Å². The summed E-state index contributed by atoms with van der Waals surface area (Å²) < 4.78 is 98.2. The number of nitrogens with one attached hydrogen (secondary N) is 2. The van der Waals surface area contributed by atoms with Crippen LogP contribution in [0.2, 0.25) is 0 Å². The zero-order chi connectivity index (χ0) is 30.6. The van der Waals surface area contributed by atoms with Crippen molar-refractivity contribution in [1.29, 1.82) is 0 Å². The van der Waals surface area contributed by atoms with Crippen LogP contribution in [0.25, 0.3) is 0 Å². The van der Waals surface area contributed by atoms with Crippen molar-refractivity contribution in [3.63, 3.8) is 0 Å². The summed E-state index contributed by atoms with van der Waals surface area (Å²) in [5.41, 5.74) is -4.85. The number of aliphatic hydroxyl groups excluding tert-OH is 1. The van der Waals surface area contributed by atoms with Gasteiger partial charge in [-0.15, -0.1) is 0 Å². The summed E-state index contributed by atoms with van der Waals surface area (Å²) in [5, 5.41) is 14.9. The molecule has 0 spiro atoms. The summed E-state index contributed by atoms with van der Waals surface area (Å²) in [4.78, 5) is 13.4. The van der Waals surface area contributed by atoms with Crippen molar-refractivity contribution < 1.29 is 40.6 Å². The molecule has 11 heteroatoms. The second kappa shape index (κ2) is 12.5. The minimum Gasteiger partial charge on any atom is -0.394 e. The molecule has 0 aliphatic rings. The Morgan fingerprint density at radius 1 is 0.854 bits per heavy atom. The Balaban J connectivity index is 2.34. The normalized spacial score (nSPS) is 14.4. The van der Waals surface area contributed by atoms with E-state index in [0.717, 1.165) is 18.2 Å². The number of aryl methyl sites for hydroxylation is 1. The Morgan fingerprint density at radius 3 is 2.05 bits per heavy atom. The molecule has 2 unspecified atom stereocenters. The van der Waals surface area contributed by atoms with Crippen LogP contribution < -0.4 is 10.6 Å². The maximum Gasteiger partial charge on any atom is 0.416 e. The molecule has 0 saturated heterocycles. The molecule has 2 atom stereocenters. The molecule has 2 amide bonds. The predicted octanol–water partition coefficient (Wildman–Crippen LogP) is 7.36. The molecule has 4 nitrogen and oxygen atoms in total. The molecule has 0 aromatic heterocycles. The van der Waals surface area contributed by atoms with Crippen LogP contribution in [0.5, 0.6) is 0 Å². The van der Waals surface area contributed by atoms with Gasteiger partial charge in [-0.25, -0.2) is 9.18 Å². The van der Waals surface area contributed by atoms with E-state index in [1.807, 2.05) is 13.8 Å². The van der Waals surface area contributed by atoms with E-state index in [1.165, 1.54) is 13.0 Å². The van der Waals surface area contributed by atoms with Gasteiger partial charge in [0.2, 0.25) is 0 Å². The SMILES string of the molecule is Cc1ccc(C(Cc2ccccc2)(NC(=O)NC(CO)CC(C)C)c2cc(F)cc(C(F)(F)F)c2)cc1C(F)(F)F. The second-order valence-corrected chi connectivity index (χ2v) is 10.4. The molecule has 0 heterocycles. The molecule has 222 valence electrons. The lowest BCUT2D eigenvalue weighted by atomic mass is 9.76. The average Bonchev–Trinajstić information content (AvgIpc) is 2.87. The fourth-order valence-electron chi connectivity index (χ4n) is 4.82. The van der Waals surface area contributed by atoms with E-state index in [9.17, 15) is 40.6 Å². The lowest BCUT2D eigenvalue weighted by molar-refractivity contribution is -0.138. The topological polar surface area (TPSA) is 61.4 Å². The largest absolute Gasteiger partial charge is 0.416 e. The molecule has 0 radical (unpaired) electrons. The van der Waals surface area contributed by atoms with Crippen molar-refractivity contribution in [2.45, 2.75) is 57.5 Å². The first-order valence-electron chi connectivity index (χ1n) is 12.8. The minimum atomic E-state index is -4.98. The molecule has 0 fully saturated rings. The quantitative estimate of drug-likeness (QED) is 0.230. The van der Waals surface area contributed by atoms with E-state index in [-0.39, 0.29) is 29.5 Å². The monoisotopic (exact) mass is 584 g/mol. The summed E-state index contributed by atoms with van der Waals surface area (Å²) in [6, 6.07) is 11.2. The highest BCUT2D eigenvalue weighted by atomic mass is 19.4. The van der Waals surface area contributed by atoms with E-state index >= 15 is 0 Å². The highest BCUT2D eigenvalue weighted by Crippen LogP contribution is 2.41. The van der Waals surface area contributed by atoms with Crippen LogP contribution in [0, 0.1) is 18.7 Å². The Kier molecular flexibility index (Phi) is 9.73. The van der Waals surface area contributed by atoms with Crippen LogP contribution in [0.4, 0.5) is 35.5 Å². The van der Waals surface area contributed by atoms with E-state index in [2.05, 4.69) is 10.6 Å². The smallest absolute Gasteiger partial charge is 0.394 e. The number of carbonyl (C=O) groups is 1. The second-order valence-electron chi connectivity index (χ2n) is 10.4. The van der Waals surface area contributed by atoms with Gasteiger partial charge in [-0.3, -0.25) is 0 Å². The van der Waals surface area contributed by atoms with Gasteiger partial charge in [0, 0.05) is 6.42 Å². The van der Waals surface area contributed by atoms with E-state index in [0.29, 0.717) is 18.1 Å². The number of rotatable bonds is 9. The number of hydrogen-bond acceptors (Lipinski definition) is 2. The van der Waals surface area contributed by atoms with E-state index in [4.69, 9.17) is 0 Å². The molecule has 0 aliphatic heterocycles. The molecule has 3 aromatic rings. The molecule has 0 bridgehead atoms. The van der Waals surface area contributed by atoms with Gasteiger partial charge in [-0.1, -0.05) is 56.3 Å². The summed E-state index contributed by atoms with van der Waals surface area (Å²) in [6.45, 7) is 4.46. The minimum absolute atomic E-state index is 0.0468. The molecular formula is C30H31F7N2O2. The van der Waals surface area contributed by atoms with Crippen molar-refractivity contribution in [3.05, 3.63) is 106 Å². The van der Waals surface area contributed by atoms with Gasteiger partial charge in [0.1, 0.15) is 5.82 Å². The number of amides is 2. The van der Waals surface area contributed by atoms with Gasteiger partial charge in [0.05, 0.1) is 29.3 Å². The molecule has 0 saturated carbocycles. The number of alkyl halides is 6. The standard InChI is InChI=1S/C30H31F7N2O2/c1-18(2)11-25(17-40)38-27(41)39-28(16-20-7-5-4-6-8-20,21-10-9-19(3)26(15-21)30(35,36)37)22-12-23(29(32,33)34)14-24(31)13-22/h4-10,12-15,18,25,40H,11,16-17H2,1-3H3,(H2,38,39,41). The van der Waals surface area contributed by atoms with Crippen LogP contribution in [0.1, 0.15) is 53.6 Å². The van der Waals surface area contributed by atoms with Gasteiger partial charge < -0.3 is 15.7 Å². The van der Waals surface area contributed by atoms with Crippen molar-refractivity contribution in [1.82, 2.24) is 10.6 Å². The molecule has 3 aromatic carbocycles. The third-order valence-corrected chi connectivity index (χ3v) is 6.70. The predicted molar refractivity (Wildman–Crippen MR) is 141 cm³/mol. The molecule has 0 aliphatic carbocycles. The summed E-state index contributed by atoms with van der Waals surface area (Å²) >= 11 is 0. The molecule has 3 N–H and O–H groups in total. The van der Waals surface area contributed by atoms with Crippen molar-refractivity contribution in [2.24, 2.45) is 5.92 Å². The Labute approximate surface area is 233 Å². The number of urea groups is 1. The fraction of sp³-hybridized carbons (Fsp3) is 0.367. The first-order valence-corrected chi connectivity index (χ1v) is 12.8. The first-order chi connectivity index (χ1) is 19.0.